The average molecular weight is 249 g/mol. The second-order valence-corrected chi connectivity index (χ2v) is 4.51. The number of hydrogen-bond donors (Lipinski definition) is 0. The van der Waals surface area contributed by atoms with Crippen LogP contribution in [-0.2, 0) is 0 Å². The summed E-state index contributed by atoms with van der Waals surface area (Å²) in [6.45, 7) is 4.89. The molecule has 2 nitrogen and oxygen atoms in total. The molecule has 0 radical (unpaired) electrons. The van der Waals surface area contributed by atoms with Crippen molar-refractivity contribution in [1.29, 1.82) is 5.26 Å². The number of unbranched alkanes of at least 4 members (excludes halogenated alkanes) is 1. The van der Waals surface area contributed by atoms with Gasteiger partial charge in [-0.25, -0.2) is 4.39 Å². The zero-order valence-electron chi connectivity index (χ0n) is 11.1. The molecule has 18 heavy (non-hydrogen) atoms. The van der Waals surface area contributed by atoms with Gasteiger partial charge >= 0.3 is 0 Å². The third kappa shape index (κ3) is 4.75. The molecule has 1 atom stereocenters. The molecule has 0 aliphatic carbocycles. The lowest BCUT2D eigenvalue weighted by atomic mass is 10.0. The summed E-state index contributed by atoms with van der Waals surface area (Å²) in [4.78, 5) is 0. The zero-order valence-corrected chi connectivity index (χ0v) is 11.1. The minimum atomic E-state index is -0.425. The van der Waals surface area contributed by atoms with Crippen molar-refractivity contribution >= 4 is 0 Å². The van der Waals surface area contributed by atoms with E-state index in [9.17, 15) is 4.39 Å². The molecule has 0 spiro atoms. The first kappa shape index (κ1) is 14.5. The third-order valence-electron chi connectivity index (χ3n) is 3.03. The molecule has 98 valence electrons. The second kappa shape index (κ2) is 7.71. The maximum Gasteiger partial charge on any atom is 0.128 e. The molecule has 1 unspecified atom stereocenters. The Morgan fingerprint density at radius 3 is 2.72 bits per heavy atom. The fourth-order valence-electron chi connectivity index (χ4n) is 1.82. The van der Waals surface area contributed by atoms with Crippen molar-refractivity contribution in [2.24, 2.45) is 5.92 Å². The molecule has 0 aromatic heterocycles. The predicted molar refractivity (Wildman–Crippen MR) is 69.9 cm³/mol. The van der Waals surface area contributed by atoms with E-state index < -0.39 is 5.82 Å². The zero-order chi connectivity index (χ0) is 13.4. The number of ether oxygens (including phenoxy) is 1. The van der Waals surface area contributed by atoms with E-state index in [1.165, 1.54) is 25.0 Å². The Morgan fingerprint density at radius 1 is 1.33 bits per heavy atom. The third-order valence-corrected chi connectivity index (χ3v) is 3.03. The van der Waals surface area contributed by atoms with Gasteiger partial charge in [0.1, 0.15) is 11.6 Å². The maximum absolute atomic E-state index is 13.2. The lowest BCUT2D eigenvalue weighted by Crippen LogP contribution is -2.11. The summed E-state index contributed by atoms with van der Waals surface area (Å²) < 4.78 is 18.8. The van der Waals surface area contributed by atoms with E-state index in [2.05, 4.69) is 13.8 Å². The van der Waals surface area contributed by atoms with Crippen LogP contribution in [0.15, 0.2) is 18.2 Å². The molecule has 1 aromatic rings. The van der Waals surface area contributed by atoms with Crippen LogP contribution in [0.1, 0.15) is 45.1 Å². The van der Waals surface area contributed by atoms with Gasteiger partial charge in [0.15, 0.2) is 0 Å². The van der Waals surface area contributed by atoms with E-state index in [0.29, 0.717) is 23.8 Å². The largest absolute Gasteiger partial charge is 0.493 e. The van der Waals surface area contributed by atoms with Gasteiger partial charge in [0.2, 0.25) is 0 Å². The summed E-state index contributed by atoms with van der Waals surface area (Å²) in [7, 11) is 0. The molecule has 0 amide bonds. The molecule has 0 aliphatic rings. The standard InChI is InChI=1S/C15H20FNO/c1-3-5-6-12(4-2)11-18-15-8-13(10-17)7-14(16)9-15/h7-9,12H,3-6,11H2,1-2H3. The molecule has 0 saturated carbocycles. The van der Waals surface area contributed by atoms with Crippen molar-refractivity contribution in [3.05, 3.63) is 29.6 Å². The monoisotopic (exact) mass is 249 g/mol. The van der Waals surface area contributed by atoms with Crippen LogP contribution in [-0.4, -0.2) is 6.61 Å². The van der Waals surface area contributed by atoms with Crippen LogP contribution >= 0.6 is 0 Å². The minimum absolute atomic E-state index is 0.298. The van der Waals surface area contributed by atoms with Gasteiger partial charge in [-0.2, -0.15) is 5.26 Å². The van der Waals surface area contributed by atoms with Gasteiger partial charge in [-0.05, 0) is 24.5 Å². The Labute approximate surface area is 108 Å². The number of rotatable bonds is 7. The van der Waals surface area contributed by atoms with Crippen molar-refractivity contribution in [3.8, 4) is 11.8 Å². The van der Waals surface area contributed by atoms with Crippen molar-refractivity contribution in [2.45, 2.75) is 39.5 Å². The smallest absolute Gasteiger partial charge is 0.128 e. The van der Waals surface area contributed by atoms with Crippen LogP contribution in [0.4, 0.5) is 4.39 Å². The van der Waals surface area contributed by atoms with Gasteiger partial charge in [-0.1, -0.05) is 33.1 Å². The lowest BCUT2D eigenvalue weighted by molar-refractivity contribution is 0.232. The van der Waals surface area contributed by atoms with Crippen LogP contribution in [0.5, 0.6) is 5.75 Å². The van der Waals surface area contributed by atoms with Crippen LogP contribution in [0.3, 0.4) is 0 Å². The molecule has 0 bridgehead atoms. The number of nitriles is 1. The first-order valence-corrected chi connectivity index (χ1v) is 6.53. The highest BCUT2D eigenvalue weighted by molar-refractivity contribution is 5.37. The predicted octanol–water partition coefficient (Wildman–Crippen LogP) is 4.29. The summed E-state index contributed by atoms with van der Waals surface area (Å²) in [5.74, 6) is 0.519. The van der Waals surface area contributed by atoms with E-state index in [1.54, 1.807) is 6.07 Å². The quantitative estimate of drug-likeness (QED) is 0.722. The molecule has 1 aromatic carbocycles. The molecule has 0 aliphatic heterocycles. The Balaban J connectivity index is 2.56. The Morgan fingerprint density at radius 2 is 2.11 bits per heavy atom. The van der Waals surface area contributed by atoms with Gasteiger partial charge in [0.05, 0.1) is 18.2 Å². The maximum atomic E-state index is 13.2. The highest BCUT2D eigenvalue weighted by Gasteiger charge is 2.08. The fraction of sp³-hybridized carbons (Fsp3) is 0.533. The minimum Gasteiger partial charge on any atom is -0.493 e. The van der Waals surface area contributed by atoms with Crippen LogP contribution in [0.25, 0.3) is 0 Å². The molecule has 1 rings (SSSR count). The van der Waals surface area contributed by atoms with Crippen molar-refractivity contribution in [2.75, 3.05) is 6.61 Å². The van der Waals surface area contributed by atoms with E-state index in [4.69, 9.17) is 10.00 Å². The van der Waals surface area contributed by atoms with E-state index >= 15 is 0 Å². The first-order chi connectivity index (χ1) is 8.69. The Hall–Kier alpha value is -1.56. The normalized spacial score (nSPS) is 11.9. The van der Waals surface area contributed by atoms with Crippen LogP contribution in [0.2, 0.25) is 0 Å². The number of benzene rings is 1. The molecule has 0 fully saturated rings. The van der Waals surface area contributed by atoms with Gasteiger partial charge in [0.25, 0.3) is 0 Å². The van der Waals surface area contributed by atoms with Crippen molar-refractivity contribution < 1.29 is 9.13 Å². The van der Waals surface area contributed by atoms with E-state index in [0.717, 1.165) is 12.8 Å². The Kier molecular flexibility index (Phi) is 6.21. The van der Waals surface area contributed by atoms with Gasteiger partial charge in [-0.3, -0.25) is 0 Å². The van der Waals surface area contributed by atoms with Crippen molar-refractivity contribution in [3.63, 3.8) is 0 Å². The molecule has 0 heterocycles. The van der Waals surface area contributed by atoms with E-state index in [-0.39, 0.29) is 0 Å². The summed E-state index contributed by atoms with van der Waals surface area (Å²) >= 11 is 0. The summed E-state index contributed by atoms with van der Waals surface area (Å²) in [6.07, 6.45) is 4.55. The summed E-state index contributed by atoms with van der Waals surface area (Å²) in [5.41, 5.74) is 0.298. The van der Waals surface area contributed by atoms with Crippen LogP contribution in [0, 0.1) is 23.1 Å². The van der Waals surface area contributed by atoms with Gasteiger partial charge < -0.3 is 4.74 Å². The molecule has 0 saturated heterocycles. The number of halogens is 1. The Bertz CT molecular complexity index is 411. The molecule has 0 N–H and O–H groups in total. The topological polar surface area (TPSA) is 33.0 Å². The second-order valence-electron chi connectivity index (χ2n) is 4.51. The molecular weight excluding hydrogens is 229 g/mol. The van der Waals surface area contributed by atoms with Crippen molar-refractivity contribution in [1.82, 2.24) is 0 Å². The number of nitrogens with zero attached hydrogens (tertiary/aromatic N) is 1. The highest BCUT2D eigenvalue weighted by atomic mass is 19.1. The highest BCUT2D eigenvalue weighted by Crippen LogP contribution is 2.19. The molecule has 3 heteroatoms. The molecular formula is C15H20FNO. The summed E-state index contributed by atoms with van der Waals surface area (Å²) in [5, 5.41) is 8.75. The average Bonchev–Trinajstić information content (AvgIpc) is 2.38. The van der Waals surface area contributed by atoms with Crippen LogP contribution < -0.4 is 4.74 Å². The van der Waals surface area contributed by atoms with Gasteiger partial charge in [-0.15, -0.1) is 0 Å². The fourth-order valence-corrected chi connectivity index (χ4v) is 1.82. The number of hydrogen-bond acceptors (Lipinski definition) is 2. The first-order valence-electron chi connectivity index (χ1n) is 6.53. The summed E-state index contributed by atoms with van der Waals surface area (Å²) in [6, 6.07) is 6.04. The SMILES string of the molecule is CCCCC(CC)COc1cc(F)cc(C#N)c1. The van der Waals surface area contributed by atoms with Gasteiger partial charge in [0, 0.05) is 6.07 Å². The van der Waals surface area contributed by atoms with E-state index in [1.807, 2.05) is 6.07 Å². The lowest BCUT2D eigenvalue weighted by Gasteiger charge is -2.15.